The molecular formula is C20H21NO2. The highest BCUT2D eigenvalue weighted by molar-refractivity contribution is 5.89. The minimum absolute atomic E-state index is 0.256. The molecule has 0 bridgehead atoms. The van der Waals surface area contributed by atoms with E-state index in [0.29, 0.717) is 5.56 Å². The Labute approximate surface area is 137 Å². The van der Waals surface area contributed by atoms with Gasteiger partial charge in [0.05, 0.1) is 5.56 Å². The molecule has 0 radical (unpaired) electrons. The summed E-state index contributed by atoms with van der Waals surface area (Å²) in [5, 5.41) is 0. The second-order valence-corrected chi connectivity index (χ2v) is 5.04. The molecule has 0 amide bonds. The van der Waals surface area contributed by atoms with Crippen molar-refractivity contribution in [2.75, 3.05) is 11.4 Å². The Morgan fingerprint density at radius 2 is 1.74 bits per heavy atom. The van der Waals surface area contributed by atoms with E-state index in [1.165, 1.54) is 0 Å². The third-order valence-corrected chi connectivity index (χ3v) is 3.58. The predicted octanol–water partition coefficient (Wildman–Crippen LogP) is 4.66. The Morgan fingerprint density at radius 3 is 2.26 bits per heavy atom. The van der Waals surface area contributed by atoms with Gasteiger partial charge in [-0.2, -0.15) is 0 Å². The number of hydrogen-bond acceptors (Lipinski definition) is 3. The number of nitrogens with zero attached hydrogens (tertiary/aromatic N) is 1. The van der Waals surface area contributed by atoms with Gasteiger partial charge in [0.15, 0.2) is 0 Å². The Morgan fingerprint density at radius 1 is 1.09 bits per heavy atom. The van der Waals surface area contributed by atoms with Gasteiger partial charge in [0, 0.05) is 12.2 Å². The Kier molecular flexibility index (Phi) is 5.75. The molecule has 0 unspecified atom stereocenters. The monoisotopic (exact) mass is 307 g/mol. The molecule has 3 nitrogen and oxygen atoms in total. The second kappa shape index (κ2) is 7.99. The van der Waals surface area contributed by atoms with Crippen LogP contribution in [0.4, 0.5) is 5.69 Å². The Hall–Kier alpha value is -2.81. The quantitative estimate of drug-likeness (QED) is 0.697. The van der Waals surface area contributed by atoms with Crippen molar-refractivity contribution in [2.45, 2.75) is 13.5 Å². The fourth-order valence-electron chi connectivity index (χ4n) is 2.19. The normalized spacial score (nSPS) is 9.96. The number of anilines is 1. The van der Waals surface area contributed by atoms with Crippen molar-refractivity contribution in [1.29, 1.82) is 0 Å². The maximum atomic E-state index is 12.1. The second-order valence-electron chi connectivity index (χ2n) is 5.04. The van der Waals surface area contributed by atoms with E-state index in [0.717, 1.165) is 23.4 Å². The Bertz CT molecular complexity index is 672. The van der Waals surface area contributed by atoms with Crippen LogP contribution >= 0.6 is 0 Å². The van der Waals surface area contributed by atoms with E-state index in [-0.39, 0.29) is 12.6 Å². The van der Waals surface area contributed by atoms with Crippen molar-refractivity contribution in [3.8, 4) is 0 Å². The first-order chi connectivity index (χ1) is 11.2. The fourth-order valence-corrected chi connectivity index (χ4v) is 2.19. The molecule has 0 saturated heterocycles. The van der Waals surface area contributed by atoms with E-state index >= 15 is 0 Å². The first-order valence-corrected chi connectivity index (χ1v) is 7.55. The van der Waals surface area contributed by atoms with Crippen LogP contribution in [-0.2, 0) is 11.3 Å². The number of ether oxygens (including phenoxy) is 1. The van der Waals surface area contributed by atoms with Crippen LogP contribution in [0.3, 0.4) is 0 Å². The molecule has 118 valence electrons. The molecule has 23 heavy (non-hydrogen) atoms. The molecule has 0 fully saturated rings. The van der Waals surface area contributed by atoms with E-state index in [1.54, 1.807) is 24.4 Å². The summed E-state index contributed by atoms with van der Waals surface area (Å²) in [6.07, 6.45) is 3.54. The van der Waals surface area contributed by atoms with Crippen molar-refractivity contribution in [3.63, 3.8) is 0 Å². The minimum Gasteiger partial charge on any atom is -0.457 e. The third kappa shape index (κ3) is 4.33. The molecule has 0 spiro atoms. The number of esters is 1. The fraction of sp³-hybridized carbons (Fsp3) is 0.150. The van der Waals surface area contributed by atoms with Gasteiger partial charge in [0.2, 0.25) is 0 Å². The lowest BCUT2D eigenvalue weighted by Gasteiger charge is -2.17. The zero-order valence-corrected chi connectivity index (χ0v) is 13.4. The van der Waals surface area contributed by atoms with Gasteiger partial charge in [-0.3, -0.25) is 0 Å². The topological polar surface area (TPSA) is 29.5 Å². The van der Waals surface area contributed by atoms with Gasteiger partial charge in [0.1, 0.15) is 6.61 Å². The highest BCUT2D eigenvalue weighted by Gasteiger charge is 2.08. The summed E-state index contributed by atoms with van der Waals surface area (Å²) < 4.78 is 5.34. The van der Waals surface area contributed by atoms with Gasteiger partial charge < -0.3 is 9.64 Å². The van der Waals surface area contributed by atoms with Crippen LogP contribution in [0.15, 0.2) is 67.9 Å². The van der Waals surface area contributed by atoms with Crippen molar-refractivity contribution in [3.05, 3.63) is 84.6 Å². The molecule has 0 aromatic heterocycles. The molecule has 2 aromatic rings. The lowest BCUT2D eigenvalue weighted by molar-refractivity contribution is 0.0473. The lowest BCUT2D eigenvalue weighted by Crippen LogP contribution is -2.14. The maximum absolute atomic E-state index is 12.1. The molecule has 0 aliphatic heterocycles. The molecule has 3 heteroatoms. The van der Waals surface area contributed by atoms with Crippen LogP contribution < -0.4 is 4.90 Å². The summed E-state index contributed by atoms with van der Waals surface area (Å²) in [4.78, 5) is 14.1. The average Bonchev–Trinajstić information content (AvgIpc) is 2.61. The van der Waals surface area contributed by atoms with Gasteiger partial charge in [-0.05, 0) is 48.5 Å². The molecule has 2 aromatic carbocycles. The summed E-state index contributed by atoms with van der Waals surface area (Å²) >= 11 is 0. The smallest absolute Gasteiger partial charge is 0.338 e. The first-order valence-electron chi connectivity index (χ1n) is 7.55. The van der Waals surface area contributed by atoms with Crippen molar-refractivity contribution in [1.82, 2.24) is 0 Å². The van der Waals surface area contributed by atoms with Crippen LogP contribution in [0.5, 0.6) is 0 Å². The molecule has 0 N–H and O–H groups in total. The maximum Gasteiger partial charge on any atom is 0.338 e. The summed E-state index contributed by atoms with van der Waals surface area (Å²) in [5.41, 5.74) is 3.53. The van der Waals surface area contributed by atoms with Crippen LogP contribution in [0.1, 0.15) is 28.4 Å². The van der Waals surface area contributed by atoms with Gasteiger partial charge in [-0.25, -0.2) is 4.79 Å². The van der Waals surface area contributed by atoms with Gasteiger partial charge in [-0.15, -0.1) is 0 Å². The van der Waals surface area contributed by atoms with Gasteiger partial charge in [0.25, 0.3) is 0 Å². The summed E-state index contributed by atoms with van der Waals surface area (Å²) in [7, 11) is 0. The number of rotatable bonds is 7. The molecule has 2 rings (SSSR count). The van der Waals surface area contributed by atoms with E-state index in [1.807, 2.05) is 48.2 Å². The minimum atomic E-state index is -0.328. The molecule has 0 heterocycles. The first kappa shape index (κ1) is 16.6. The van der Waals surface area contributed by atoms with Crippen LogP contribution in [0.2, 0.25) is 0 Å². The molecule has 0 saturated carbocycles. The highest BCUT2D eigenvalue weighted by atomic mass is 16.5. The SMILES string of the molecule is C=Cc1ccc(COC(=O)c2ccc(N(C=C)CC)cc2)cc1. The van der Waals surface area contributed by atoms with Crippen molar-refractivity contribution in [2.24, 2.45) is 0 Å². The number of hydrogen-bond donors (Lipinski definition) is 0. The van der Waals surface area contributed by atoms with Crippen LogP contribution in [-0.4, -0.2) is 12.5 Å². The predicted molar refractivity (Wildman–Crippen MR) is 95.3 cm³/mol. The molecule has 0 aliphatic carbocycles. The highest BCUT2D eigenvalue weighted by Crippen LogP contribution is 2.16. The standard InChI is InChI=1S/C20H21NO2/c1-4-16-7-9-17(10-8-16)15-23-20(22)18-11-13-19(14-12-18)21(5-2)6-3/h4-5,7-14H,1-2,6,15H2,3H3. The largest absolute Gasteiger partial charge is 0.457 e. The molecule has 0 aliphatic rings. The lowest BCUT2D eigenvalue weighted by atomic mass is 10.1. The molecule has 0 atom stereocenters. The summed E-state index contributed by atoms with van der Waals surface area (Å²) in [5.74, 6) is -0.328. The molecular weight excluding hydrogens is 286 g/mol. The zero-order chi connectivity index (χ0) is 16.7. The van der Waals surface area contributed by atoms with E-state index in [9.17, 15) is 4.79 Å². The number of benzene rings is 2. The number of carbonyl (C=O) groups is 1. The average molecular weight is 307 g/mol. The zero-order valence-electron chi connectivity index (χ0n) is 13.4. The van der Waals surface area contributed by atoms with Crippen LogP contribution in [0.25, 0.3) is 6.08 Å². The van der Waals surface area contributed by atoms with Crippen molar-refractivity contribution < 1.29 is 9.53 Å². The van der Waals surface area contributed by atoms with Gasteiger partial charge in [-0.1, -0.05) is 43.5 Å². The van der Waals surface area contributed by atoms with E-state index in [2.05, 4.69) is 13.2 Å². The Balaban J connectivity index is 1.97. The summed E-state index contributed by atoms with van der Waals surface area (Å²) in [6, 6.07) is 15.1. The summed E-state index contributed by atoms with van der Waals surface area (Å²) in [6.45, 7) is 10.6. The number of carbonyl (C=O) groups excluding carboxylic acids is 1. The van der Waals surface area contributed by atoms with Crippen molar-refractivity contribution >= 4 is 17.7 Å². The van der Waals surface area contributed by atoms with Gasteiger partial charge >= 0.3 is 5.97 Å². The van der Waals surface area contributed by atoms with Crippen LogP contribution in [0, 0.1) is 0 Å². The third-order valence-electron chi connectivity index (χ3n) is 3.58. The van der Waals surface area contributed by atoms with E-state index < -0.39 is 0 Å². The van der Waals surface area contributed by atoms with E-state index in [4.69, 9.17) is 4.74 Å².